The first kappa shape index (κ1) is 10.2. The van der Waals surface area contributed by atoms with E-state index in [0.717, 1.165) is 23.1 Å². The second-order valence-corrected chi connectivity index (χ2v) is 4.58. The van der Waals surface area contributed by atoms with Gasteiger partial charge in [0.05, 0.1) is 29.0 Å². The van der Waals surface area contributed by atoms with Gasteiger partial charge in [-0.3, -0.25) is 0 Å². The highest BCUT2D eigenvalue weighted by Gasteiger charge is 2.30. The van der Waals surface area contributed by atoms with Gasteiger partial charge in [0, 0.05) is 0 Å². The molecule has 2 N–H and O–H groups in total. The lowest BCUT2D eigenvalue weighted by atomic mass is 10.1. The molecule has 3 nitrogen and oxygen atoms in total. The van der Waals surface area contributed by atoms with Crippen molar-refractivity contribution in [2.45, 2.75) is 38.0 Å². The van der Waals surface area contributed by atoms with Gasteiger partial charge in [0.1, 0.15) is 5.76 Å². The van der Waals surface area contributed by atoms with Gasteiger partial charge >= 0.3 is 0 Å². The monoisotopic (exact) mass is 259 g/mol. The summed E-state index contributed by atoms with van der Waals surface area (Å²) >= 11 is 3.40. The molecule has 0 amide bonds. The zero-order chi connectivity index (χ0) is 10.1. The Bertz CT molecular complexity index is 313. The number of hydrogen-bond acceptors (Lipinski definition) is 3. The van der Waals surface area contributed by atoms with Crippen LogP contribution in [0.4, 0.5) is 0 Å². The van der Waals surface area contributed by atoms with Crippen molar-refractivity contribution in [3.05, 3.63) is 22.6 Å². The van der Waals surface area contributed by atoms with Crippen molar-refractivity contribution in [1.29, 1.82) is 0 Å². The maximum absolute atomic E-state index is 6.06. The Labute approximate surface area is 91.7 Å². The Balaban J connectivity index is 2.09. The summed E-state index contributed by atoms with van der Waals surface area (Å²) in [6.07, 6.45) is 4.14. The van der Waals surface area contributed by atoms with Crippen LogP contribution in [0.15, 0.2) is 21.2 Å². The summed E-state index contributed by atoms with van der Waals surface area (Å²) in [7, 11) is 0. The molecule has 78 valence electrons. The van der Waals surface area contributed by atoms with E-state index in [-0.39, 0.29) is 12.1 Å². The molecule has 1 aromatic heterocycles. The highest BCUT2D eigenvalue weighted by atomic mass is 79.9. The maximum atomic E-state index is 6.06. The number of halogens is 1. The Morgan fingerprint density at radius 2 is 2.36 bits per heavy atom. The van der Waals surface area contributed by atoms with Crippen LogP contribution >= 0.6 is 15.9 Å². The average Bonchev–Trinajstić information content (AvgIpc) is 2.73. The molecule has 2 heterocycles. The largest absolute Gasteiger partial charge is 0.466 e. The normalized spacial score (nSPS) is 29.4. The second-order valence-electron chi connectivity index (χ2n) is 3.72. The average molecular weight is 260 g/mol. The lowest BCUT2D eigenvalue weighted by Crippen LogP contribution is -2.26. The minimum absolute atomic E-state index is 0.0902. The van der Waals surface area contributed by atoms with E-state index in [1.54, 1.807) is 6.26 Å². The van der Waals surface area contributed by atoms with Crippen molar-refractivity contribution in [3.8, 4) is 0 Å². The molecule has 3 unspecified atom stereocenters. The van der Waals surface area contributed by atoms with Gasteiger partial charge in [-0.05, 0) is 41.8 Å². The summed E-state index contributed by atoms with van der Waals surface area (Å²) in [4.78, 5) is 0. The molecule has 1 fully saturated rings. The molecule has 0 aliphatic carbocycles. The minimum Gasteiger partial charge on any atom is -0.466 e. The van der Waals surface area contributed by atoms with Crippen LogP contribution < -0.4 is 5.73 Å². The molecule has 0 bridgehead atoms. The summed E-state index contributed by atoms with van der Waals surface area (Å²) < 4.78 is 11.9. The fraction of sp³-hybridized carbons (Fsp3) is 0.600. The molecule has 1 saturated heterocycles. The number of ether oxygens (including phenoxy) is 1. The first-order chi connectivity index (χ1) is 6.68. The van der Waals surface area contributed by atoms with E-state index in [0.29, 0.717) is 6.10 Å². The second kappa shape index (κ2) is 4.04. The Kier molecular flexibility index (Phi) is 2.95. The lowest BCUT2D eigenvalue weighted by Gasteiger charge is -2.17. The van der Waals surface area contributed by atoms with Crippen LogP contribution in [0.2, 0.25) is 0 Å². The number of hydrogen-bond donors (Lipinski definition) is 1. The Morgan fingerprint density at radius 3 is 2.86 bits per heavy atom. The van der Waals surface area contributed by atoms with Gasteiger partial charge in [0.15, 0.2) is 0 Å². The van der Waals surface area contributed by atoms with Gasteiger partial charge in [-0.15, -0.1) is 0 Å². The van der Waals surface area contributed by atoms with E-state index in [1.807, 2.05) is 6.07 Å². The predicted molar refractivity (Wildman–Crippen MR) is 56.9 cm³/mol. The summed E-state index contributed by atoms with van der Waals surface area (Å²) in [5.74, 6) is 0.782. The van der Waals surface area contributed by atoms with E-state index in [2.05, 4.69) is 22.9 Å². The van der Waals surface area contributed by atoms with E-state index < -0.39 is 0 Å². The molecule has 14 heavy (non-hydrogen) atoms. The molecular weight excluding hydrogens is 246 g/mol. The van der Waals surface area contributed by atoms with Gasteiger partial charge < -0.3 is 14.9 Å². The topological polar surface area (TPSA) is 48.4 Å². The third-order valence-electron chi connectivity index (χ3n) is 2.61. The standard InChI is InChI=1S/C10H14BrNO2/c1-6-2-3-8(14-6)9(12)10-7(11)4-5-13-10/h4-6,8-9H,2-3,12H2,1H3. The molecule has 4 heteroatoms. The van der Waals surface area contributed by atoms with E-state index in [9.17, 15) is 0 Å². The van der Waals surface area contributed by atoms with Gasteiger partial charge in [-0.25, -0.2) is 0 Å². The summed E-state index contributed by atoms with van der Waals surface area (Å²) in [5, 5.41) is 0. The van der Waals surface area contributed by atoms with Crippen LogP contribution in [-0.2, 0) is 4.74 Å². The van der Waals surface area contributed by atoms with Crippen LogP contribution in [0.25, 0.3) is 0 Å². The molecule has 0 spiro atoms. The van der Waals surface area contributed by atoms with Gasteiger partial charge in [-0.2, -0.15) is 0 Å². The summed E-state index contributed by atoms with van der Waals surface area (Å²) in [5.41, 5.74) is 6.06. The highest BCUT2D eigenvalue weighted by molar-refractivity contribution is 9.10. The van der Waals surface area contributed by atoms with Crippen molar-refractivity contribution in [2.24, 2.45) is 5.73 Å². The van der Waals surface area contributed by atoms with Crippen molar-refractivity contribution >= 4 is 15.9 Å². The van der Waals surface area contributed by atoms with Gasteiger partial charge in [0.2, 0.25) is 0 Å². The van der Waals surface area contributed by atoms with E-state index in [1.165, 1.54) is 0 Å². The minimum atomic E-state index is -0.163. The molecule has 1 aliphatic rings. The maximum Gasteiger partial charge on any atom is 0.137 e. The zero-order valence-corrected chi connectivity index (χ0v) is 9.66. The molecule has 1 aromatic rings. The van der Waals surface area contributed by atoms with Crippen molar-refractivity contribution in [2.75, 3.05) is 0 Å². The molecule has 2 rings (SSSR count). The van der Waals surface area contributed by atoms with Crippen molar-refractivity contribution in [3.63, 3.8) is 0 Å². The van der Waals surface area contributed by atoms with Crippen LogP contribution in [-0.4, -0.2) is 12.2 Å². The molecular formula is C10H14BrNO2. The van der Waals surface area contributed by atoms with Gasteiger partial charge in [-0.1, -0.05) is 0 Å². The predicted octanol–water partition coefficient (Wildman–Crippen LogP) is 2.61. The van der Waals surface area contributed by atoms with Crippen molar-refractivity contribution in [1.82, 2.24) is 0 Å². The fourth-order valence-electron chi connectivity index (χ4n) is 1.81. The number of furan rings is 1. The molecule has 0 aromatic carbocycles. The van der Waals surface area contributed by atoms with Crippen LogP contribution in [0, 0.1) is 0 Å². The zero-order valence-electron chi connectivity index (χ0n) is 8.07. The van der Waals surface area contributed by atoms with E-state index in [4.69, 9.17) is 14.9 Å². The molecule has 3 atom stereocenters. The number of rotatable bonds is 2. The molecule has 0 radical (unpaired) electrons. The fourth-order valence-corrected chi connectivity index (χ4v) is 2.28. The van der Waals surface area contributed by atoms with Gasteiger partial charge in [0.25, 0.3) is 0 Å². The number of nitrogens with two attached hydrogens (primary N) is 1. The highest BCUT2D eigenvalue weighted by Crippen LogP contribution is 2.32. The lowest BCUT2D eigenvalue weighted by molar-refractivity contribution is 0.0357. The van der Waals surface area contributed by atoms with Crippen LogP contribution in [0.1, 0.15) is 31.6 Å². The first-order valence-electron chi connectivity index (χ1n) is 4.82. The molecule has 0 saturated carbocycles. The summed E-state index contributed by atoms with van der Waals surface area (Å²) in [6.45, 7) is 2.07. The SMILES string of the molecule is CC1CCC(C(N)c2occc2Br)O1. The smallest absolute Gasteiger partial charge is 0.137 e. The Morgan fingerprint density at radius 1 is 1.57 bits per heavy atom. The third-order valence-corrected chi connectivity index (χ3v) is 3.27. The van der Waals surface area contributed by atoms with Crippen molar-refractivity contribution < 1.29 is 9.15 Å². The molecule has 1 aliphatic heterocycles. The quantitative estimate of drug-likeness (QED) is 0.889. The first-order valence-corrected chi connectivity index (χ1v) is 5.61. The third kappa shape index (κ3) is 1.87. The van der Waals surface area contributed by atoms with E-state index >= 15 is 0 Å². The van der Waals surface area contributed by atoms with Crippen LogP contribution in [0.3, 0.4) is 0 Å². The Hall–Kier alpha value is -0.320. The van der Waals surface area contributed by atoms with Crippen LogP contribution in [0.5, 0.6) is 0 Å². The summed E-state index contributed by atoms with van der Waals surface area (Å²) in [6, 6.07) is 1.69.